The molecule has 3 aromatic carbocycles. The zero-order chi connectivity index (χ0) is 27.0. The Bertz CT molecular complexity index is 1260. The molecule has 0 spiro atoms. The van der Waals surface area contributed by atoms with Gasteiger partial charge in [-0.2, -0.15) is 0 Å². The Morgan fingerprint density at radius 2 is 1.29 bits per heavy atom. The summed E-state index contributed by atoms with van der Waals surface area (Å²) < 4.78 is 31.0. The Kier molecular flexibility index (Phi) is 6.87. The van der Waals surface area contributed by atoms with Crippen LogP contribution in [0, 0.1) is 0 Å². The zero-order valence-corrected chi connectivity index (χ0v) is 20.3. The molecule has 0 saturated carbocycles. The van der Waals surface area contributed by atoms with Crippen LogP contribution in [0.1, 0.15) is 41.5 Å². The number of carbonyl (C=O) groups excluding carboxylic acids is 1. The number of rotatable bonds is 11. The normalized spacial score (nSPS) is 13.3. The van der Waals surface area contributed by atoms with E-state index in [0.717, 1.165) is 31.8 Å². The van der Waals surface area contributed by atoms with Crippen molar-refractivity contribution in [3.05, 3.63) is 121 Å². The Balaban J connectivity index is 1.41. The summed E-state index contributed by atoms with van der Waals surface area (Å²) >= 11 is 0. The summed E-state index contributed by atoms with van der Waals surface area (Å²) in [5.74, 6) is -0.579. The molecule has 0 aliphatic heterocycles. The third kappa shape index (κ3) is 5.79. The fourth-order valence-corrected chi connectivity index (χ4v) is 9.53. The summed E-state index contributed by atoms with van der Waals surface area (Å²) in [6, 6.07) is 31.8. The molecule has 174 valence electrons. The molecule has 4 rings (SSSR count). The van der Waals surface area contributed by atoms with Crippen molar-refractivity contribution in [2.24, 2.45) is 0 Å². The van der Waals surface area contributed by atoms with E-state index in [-0.39, 0.29) is 5.56 Å². The Morgan fingerprint density at radius 3 is 1.85 bits per heavy atom. The van der Waals surface area contributed by atoms with E-state index in [1.807, 2.05) is 0 Å². The van der Waals surface area contributed by atoms with Gasteiger partial charge in [0, 0.05) is 0 Å². The number of hydrogen-bond donors (Lipinski definition) is 1. The number of aromatic nitrogens is 1. The third-order valence-corrected chi connectivity index (χ3v) is 11.3. The van der Waals surface area contributed by atoms with Crippen molar-refractivity contribution in [1.82, 2.24) is 10.3 Å². The number of carbonyl (C=O) groups is 1. The first kappa shape index (κ1) is 19.1. The predicted octanol–water partition coefficient (Wildman–Crippen LogP) is 5.10. The molecule has 0 saturated heterocycles. The molecular weight excluding hydrogens is 435 g/mol. The number of unbranched alkanes of at least 4 members (excludes halogenated alkanes) is 3. The molecule has 1 amide bonds. The minimum atomic E-state index is -2.23. The van der Waals surface area contributed by atoms with E-state index >= 15 is 0 Å². The number of nitrogens with zero attached hydrogens (tertiary/aromatic N) is 1. The zero-order valence-electron chi connectivity index (χ0n) is 23.3. The summed E-state index contributed by atoms with van der Waals surface area (Å²) in [7, 11) is -2.23. The van der Waals surface area contributed by atoms with Crippen molar-refractivity contribution in [1.29, 1.82) is 0 Å². The SMILES string of the molecule is [2H]c1nc([2H])c(C(=O)NCCCCCC[PH](c2ccccc2)(c2ccccc2)c2ccccc2)c([2H])c1[2H]. The van der Waals surface area contributed by atoms with Crippen LogP contribution in [-0.4, -0.2) is 23.6 Å². The van der Waals surface area contributed by atoms with Gasteiger partial charge < -0.3 is 0 Å². The second-order valence-electron chi connectivity index (χ2n) is 8.38. The summed E-state index contributed by atoms with van der Waals surface area (Å²) in [6.07, 6.45) is 3.99. The van der Waals surface area contributed by atoms with E-state index in [9.17, 15) is 4.79 Å². The molecule has 1 heterocycles. The van der Waals surface area contributed by atoms with Crippen molar-refractivity contribution in [3.63, 3.8) is 0 Å². The molecule has 4 aromatic rings. The van der Waals surface area contributed by atoms with Crippen LogP contribution in [0.15, 0.2) is 115 Å². The van der Waals surface area contributed by atoms with Crippen molar-refractivity contribution in [3.8, 4) is 0 Å². The molecule has 34 heavy (non-hydrogen) atoms. The molecule has 3 nitrogen and oxygen atoms in total. The van der Waals surface area contributed by atoms with Gasteiger partial charge in [0.25, 0.3) is 0 Å². The monoisotopic (exact) mass is 472 g/mol. The van der Waals surface area contributed by atoms with Gasteiger partial charge in [-0.05, 0) is 0 Å². The molecule has 0 fully saturated rings. The van der Waals surface area contributed by atoms with Crippen LogP contribution >= 0.6 is 7.26 Å². The Labute approximate surface area is 209 Å². The van der Waals surface area contributed by atoms with Gasteiger partial charge in [0.1, 0.15) is 0 Å². The summed E-state index contributed by atoms with van der Waals surface area (Å²) in [5, 5.41) is 6.97. The average molecular weight is 473 g/mol. The van der Waals surface area contributed by atoms with Crippen LogP contribution in [0.5, 0.6) is 0 Å². The first-order valence-corrected chi connectivity index (χ1v) is 14.0. The van der Waals surface area contributed by atoms with Crippen LogP contribution in [0.3, 0.4) is 0 Å². The molecular formula is C30H33N2OP. The maximum absolute atomic E-state index is 12.5. The molecule has 1 aromatic heterocycles. The molecule has 0 aliphatic rings. The van der Waals surface area contributed by atoms with Crippen molar-refractivity contribution < 1.29 is 10.3 Å². The molecule has 0 radical (unpaired) electrons. The van der Waals surface area contributed by atoms with E-state index in [0.29, 0.717) is 6.54 Å². The first-order chi connectivity index (χ1) is 18.4. The van der Waals surface area contributed by atoms with E-state index in [1.165, 1.54) is 15.9 Å². The van der Waals surface area contributed by atoms with Crippen LogP contribution in [-0.2, 0) is 0 Å². The molecule has 0 bridgehead atoms. The van der Waals surface area contributed by atoms with Crippen molar-refractivity contribution in [2.45, 2.75) is 25.7 Å². The fraction of sp³-hybridized carbons (Fsp3) is 0.200. The second kappa shape index (κ2) is 12.3. The van der Waals surface area contributed by atoms with Gasteiger partial charge in [0.2, 0.25) is 0 Å². The Hall–Kier alpha value is -3.29. The van der Waals surface area contributed by atoms with Crippen molar-refractivity contribution in [2.75, 3.05) is 12.7 Å². The number of nitrogens with one attached hydrogen (secondary N) is 1. The van der Waals surface area contributed by atoms with Gasteiger partial charge >= 0.3 is 208 Å². The second-order valence-corrected chi connectivity index (χ2v) is 12.4. The summed E-state index contributed by atoms with van der Waals surface area (Å²) in [5.41, 5.74) is -0.240. The number of amides is 1. The van der Waals surface area contributed by atoms with Gasteiger partial charge in [-0.3, -0.25) is 0 Å². The van der Waals surface area contributed by atoms with E-state index in [1.54, 1.807) is 0 Å². The fourth-order valence-electron chi connectivity index (χ4n) is 4.60. The van der Waals surface area contributed by atoms with Crippen LogP contribution < -0.4 is 21.2 Å². The van der Waals surface area contributed by atoms with Gasteiger partial charge in [-0.1, -0.05) is 0 Å². The van der Waals surface area contributed by atoms with Gasteiger partial charge in [0.05, 0.1) is 1.37 Å². The summed E-state index contributed by atoms with van der Waals surface area (Å²) in [4.78, 5) is 16.1. The minimum absolute atomic E-state index is 0.240. The van der Waals surface area contributed by atoms with Gasteiger partial charge in [-0.25, -0.2) is 0 Å². The maximum atomic E-state index is 12.5. The molecule has 0 unspecified atom stereocenters. The molecule has 0 aliphatic carbocycles. The molecule has 4 heteroatoms. The van der Waals surface area contributed by atoms with Gasteiger partial charge in [0.15, 0.2) is 0 Å². The quantitative estimate of drug-likeness (QED) is 0.244. The van der Waals surface area contributed by atoms with E-state index < -0.39 is 37.6 Å². The van der Waals surface area contributed by atoms with Crippen LogP contribution in [0.25, 0.3) is 0 Å². The van der Waals surface area contributed by atoms with Crippen LogP contribution in [0.2, 0.25) is 0 Å². The third-order valence-electron chi connectivity index (χ3n) is 6.26. The number of benzene rings is 3. The molecule has 1 N–H and O–H groups in total. The number of hydrogen-bond acceptors (Lipinski definition) is 2. The van der Waals surface area contributed by atoms with Gasteiger partial charge in [-0.15, -0.1) is 0 Å². The Morgan fingerprint density at radius 1 is 0.765 bits per heavy atom. The number of pyridine rings is 1. The standard InChI is InChI=1S/C30H33N2OP/c33-30(26-15-14-22-31-25-26)32-23-12-1-2-13-24-34(27-16-6-3-7-17-27,28-18-8-4-9-19-28)29-20-10-5-11-21-29/h3-11,14-22,25,34H,1-2,12-13,23-24H2,(H,32,33)/i14D,15D,22D,25D. The molecule has 0 atom stereocenters. The average Bonchev–Trinajstić information content (AvgIpc) is 2.95. The van der Waals surface area contributed by atoms with Crippen LogP contribution in [0.4, 0.5) is 0 Å². The topological polar surface area (TPSA) is 42.0 Å². The van der Waals surface area contributed by atoms with E-state index in [2.05, 4.69) is 101 Å². The summed E-state index contributed by atoms with van der Waals surface area (Å²) in [6.45, 7) is 0.423. The first-order valence-electron chi connectivity index (χ1n) is 13.8. The van der Waals surface area contributed by atoms with Crippen molar-refractivity contribution >= 4 is 29.1 Å². The predicted molar refractivity (Wildman–Crippen MR) is 146 cm³/mol. The van der Waals surface area contributed by atoms with E-state index in [4.69, 9.17) is 5.48 Å².